The number of fused-ring (bicyclic) bond motifs is 1. The summed E-state index contributed by atoms with van der Waals surface area (Å²) < 4.78 is 39.3. The number of alkyl halides is 3. The Morgan fingerprint density at radius 1 is 1.00 bits per heavy atom. The Kier molecular flexibility index (Phi) is 4.06. The summed E-state index contributed by atoms with van der Waals surface area (Å²) in [6.07, 6.45) is -1.67. The van der Waals surface area contributed by atoms with Crippen molar-refractivity contribution in [1.29, 1.82) is 0 Å². The van der Waals surface area contributed by atoms with Gasteiger partial charge in [-0.05, 0) is 12.1 Å². The second-order valence-electron chi connectivity index (χ2n) is 5.75. The van der Waals surface area contributed by atoms with Crippen molar-refractivity contribution in [3.05, 3.63) is 35.5 Å². The normalized spacial score (nSPS) is 15.7. The molecule has 0 aliphatic carbocycles. The van der Waals surface area contributed by atoms with Gasteiger partial charge in [0.1, 0.15) is 11.3 Å². The third-order valence-corrected chi connectivity index (χ3v) is 4.43. The summed E-state index contributed by atoms with van der Waals surface area (Å²) in [6, 6.07) is 3.50. The van der Waals surface area contributed by atoms with Crippen LogP contribution in [0.15, 0.2) is 24.7 Å². The van der Waals surface area contributed by atoms with E-state index in [0.717, 1.165) is 0 Å². The zero-order chi connectivity index (χ0) is 18.3. The van der Waals surface area contributed by atoms with Crippen LogP contribution in [0.1, 0.15) is 5.82 Å². The van der Waals surface area contributed by atoms with Crippen LogP contribution in [-0.4, -0.2) is 51.1 Å². The predicted molar refractivity (Wildman–Crippen MR) is 90.4 cm³/mol. The van der Waals surface area contributed by atoms with Gasteiger partial charge in [-0.2, -0.15) is 13.2 Å². The maximum absolute atomic E-state index is 13.1. The number of aromatic amines is 1. The number of pyridine rings is 1. The number of nitrogens with zero attached hydrogens (tertiary/aromatic N) is 6. The van der Waals surface area contributed by atoms with Crippen molar-refractivity contribution in [3.63, 3.8) is 0 Å². The van der Waals surface area contributed by atoms with Crippen molar-refractivity contribution in [2.45, 2.75) is 6.18 Å². The molecule has 4 heterocycles. The molecule has 1 fully saturated rings. The van der Waals surface area contributed by atoms with Crippen LogP contribution >= 0.6 is 11.6 Å². The monoisotopic (exact) mass is 383 g/mol. The summed E-state index contributed by atoms with van der Waals surface area (Å²) in [7, 11) is 0. The molecule has 7 nitrogen and oxygen atoms in total. The molecule has 1 aliphatic rings. The second-order valence-corrected chi connectivity index (χ2v) is 6.16. The standard InChI is InChI=1S/C15H13ClF3N7/c16-9-2-1-3-20-12(9)25-4-6-26(7-5-25)13-10-11(22-8-21-10)23-14(24-13)15(17,18)19/h1-3,8H,4-7H2,(H,21,22,23,24). The molecule has 0 aromatic carbocycles. The van der Waals surface area contributed by atoms with Crippen LogP contribution in [0.2, 0.25) is 5.02 Å². The van der Waals surface area contributed by atoms with Crippen molar-refractivity contribution in [2.24, 2.45) is 0 Å². The van der Waals surface area contributed by atoms with E-state index in [9.17, 15) is 13.2 Å². The average molecular weight is 384 g/mol. The van der Waals surface area contributed by atoms with Crippen LogP contribution in [-0.2, 0) is 6.18 Å². The Morgan fingerprint density at radius 3 is 2.35 bits per heavy atom. The van der Waals surface area contributed by atoms with Gasteiger partial charge in [-0.25, -0.2) is 19.9 Å². The van der Waals surface area contributed by atoms with Gasteiger partial charge in [0.15, 0.2) is 11.5 Å². The van der Waals surface area contributed by atoms with E-state index < -0.39 is 12.0 Å². The number of hydrogen-bond acceptors (Lipinski definition) is 6. The lowest BCUT2D eigenvalue weighted by Gasteiger charge is -2.36. The predicted octanol–water partition coefficient (Wildman–Crippen LogP) is 2.75. The van der Waals surface area contributed by atoms with Gasteiger partial charge >= 0.3 is 6.18 Å². The van der Waals surface area contributed by atoms with Crippen molar-refractivity contribution in [3.8, 4) is 0 Å². The molecular formula is C15H13ClF3N7. The van der Waals surface area contributed by atoms with E-state index in [1.165, 1.54) is 6.33 Å². The van der Waals surface area contributed by atoms with Crippen molar-refractivity contribution in [1.82, 2.24) is 24.9 Å². The zero-order valence-electron chi connectivity index (χ0n) is 13.3. The van der Waals surface area contributed by atoms with Crippen LogP contribution in [0.3, 0.4) is 0 Å². The fraction of sp³-hybridized carbons (Fsp3) is 0.333. The molecule has 4 rings (SSSR count). The molecule has 0 amide bonds. The van der Waals surface area contributed by atoms with Crippen LogP contribution in [0.25, 0.3) is 11.2 Å². The molecule has 0 bridgehead atoms. The maximum atomic E-state index is 13.1. The summed E-state index contributed by atoms with van der Waals surface area (Å²) in [6.45, 7) is 2.04. The minimum atomic E-state index is -4.63. The molecule has 0 saturated carbocycles. The van der Waals surface area contributed by atoms with Crippen LogP contribution < -0.4 is 9.80 Å². The Labute approximate surface area is 150 Å². The van der Waals surface area contributed by atoms with Crippen LogP contribution in [0, 0.1) is 0 Å². The summed E-state index contributed by atoms with van der Waals surface area (Å²) in [5.41, 5.74) is 0.389. The number of aromatic nitrogens is 5. The first kappa shape index (κ1) is 16.8. The number of H-pyrrole nitrogens is 1. The quantitative estimate of drug-likeness (QED) is 0.733. The van der Waals surface area contributed by atoms with Crippen molar-refractivity contribution >= 4 is 34.4 Å². The Balaban J connectivity index is 1.62. The van der Waals surface area contributed by atoms with Gasteiger partial charge in [0.05, 0.1) is 11.3 Å². The van der Waals surface area contributed by atoms with Crippen LogP contribution in [0.5, 0.6) is 0 Å². The highest BCUT2D eigenvalue weighted by molar-refractivity contribution is 6.32. The first-order valence-electron chi connectivity index (χ1n) is 7.82. The fourth-order valence-corrected chi connectivity index (χ4v) is 3.15. The van der Waals surface area contributed by atoms with Gasteiger partial charge in [0.25, 0.3) is 0 Å². The molecule has 0 atom stereocenters. The van der Waals surface area contributed by atoms with Gasteiger partial charge in [0, 0.05) is 32.4 Å². The number of piperazine rings is 1. The van der Waals surface area contributed by atoms with E-state index in [1.54, 1.807) is 23.2 Å². The number of imidazole rings is 1. The van der Waals surface area contributed by atoms with Crippen molar-refractivity contribution < 1.29 is 13.2 Å². The SMILES string of the molecule is FC(F)(F)c1nc(N2CCN(c3ncccc3Cl)CC2)c2[nH]cnc2n1. The van der Waals surface area contributed by atoms with E-state index in [0.29, 0.717) is 42.5 Å². The lowest BCUT2D eigenvalue weighted by Crippen LogP contribution is -2.47. The summed E-state index contributed by atoms with van der Waals surface area (Å²) in [5.74, 6) is -0.326. The van der Waals surface area contributed by atoms with Gasteiger partial charge in [-0.15, -0.1) is 0 Å². The highest BCUT2D eigenvalue weighted by Crippen LogP contribution is 2.31. The molecule has 1 aliphatic heterocycles. The lowest BCUT2D eigenvalue weighted by molar-refractivity contribution is -0.144. The summed E-state index contributed by atoms with van der Waals surface area (Å²) >= 11 is 6.17. The van der Waals surface area contributed by atoms with Gasteiger partial charge < -0.3 is 14.8 Å². The molecule has 0 radical (unpaired) electrons. The van der Waals surface area contributed by atoms with Crippen LogP contribution in [0.4, 0.5) is 24.8 Å². The zero-order valence-corrected chi connectivity index (χ0v) is 14.1. The number of hydrogen-bond donors (Lipinski definition) is 1. The Morgan fingerprint density at radius 2 is 1.69 bits per heavy atom. The molecule has 1 N–H and O–H groups in total. The molecule has 0 unspecified atom stereocenters. The van der Waals surface area contributed by atoms with Crippen molar-refractivity contribution in [2.75, 3.05) is 36.0 Å². The minimum absolute atomic E-state index is 0.00229. The highest BCUT2D eigenvalue weighted by atomic mass is 35.5. The smallest absolute Gasteiger partial charge is 0.352 e. The maximum Gasteiger partial charge on any atom is 0.451 e. The number of rotatable bonds is 2. The first-order chi connectivity index (χ1) is 12.4. The van der Waals surface area contributed by atoms with Gasteiger partial charge in [-0.1, -0.05) is 11.6 Å². The lowest BCUT2D eigenvalue weighted by atomic mass is 10.3. The average Bonchev–Trinajstić information content (AvgIpc) is 3.09. The molecule has 11 heteroatoms. The Bertz CT molecular complexity index is 934. The number of nitrogens with one attached hydrogen (secondary N) is 1. The van der Waals surface area contributed by atoms with E-state index in [1.807, 2.05) is 4.90 Å². The fourth-order valence-electron chi connectivity index (χ4n) is 2.91. The largest absolute Gasteiger partial charge is 0.451 e. The minimum Gasteiger partial charge on any atom is -0.352 e. The molecule has 26 heavy (non-hydrogen) atoms. The topological polar surface area (TPSA) is 73.8 Å². The number of anilines is 2. The molecule has 136 valence electrons. The molecular weight excluding hydrogens is 371 g/mol. The molecule has 3 aromatic rings. The number of halogens is 4. The first-order valence-corrected chi connectivity index (χ1v) is 8.20. The van der Waals surface area contributed by atoms with E-state index >= 15 is 0 Å². The molecule has 1 saturated heterocycles. The van der Waals surface area contributed by atoms with E-state index in [2.05, 4.69) is 24.9 Å². The highest BCUT2D eigenvalue weighted by Gasteiger charge is 2.37. The summed E-state index contributed by atoms with van der Waals surface area (Å²) in [5, 5.41) is 0.540. The second kappa shape index (κ2) is 6.27. The van der Waals surface area contributed by atoms with Gasteiger partial charge in [0.2, 0.25) is 5.82 Å². The van der Waals surface area contributed by atoms with Gasteiger partial charge in [-0.3, -0.25) is 0 Å². The third kappa shape index (κ3) is 3.00. The Hall–Kier alpha value is -2.62. The molecule has 3 aromatic heterocycles. The van der Waals surface area contributed by atoms with E-state index in [4.69, 9.17) is 11.6 Å². The van der Waals surface area contributed by atoms with E-state index in [-0.39, 0.29) is 11.5 Å². The summed E-state index contributed by atoms with van der Waals surface area (Å²) in [4.78, 5) is 22.0. The third-order valence-electron chi connectivity index (χ3n) is 4.14. The molecule has 0 spiro atoms.